The van der Waals surface area contributed by atoms with Gasteiger partial charge < -0.3 is 10.2 Å². The van der Waals surface area contributed by atoms with E-state index < -0.39 is 10.0 Å². The molecule has 1 aliphatic rings. The molecule has 0 radical (unpaired) electrons. The molecule has 1 fully saturated rings. The van der Waals surface area contributed by atoms with Gasteiger partial charge in [-0.05, 0) is 55.6 Å². The number of carbonyl (C=O) groups excluding carboxylic acids is 1. The highest BCUT2D eigenvalue weighted by Gasteiger charge is 2.27. The standard InChI is InChI=1S/C18H20ClN3O3S/c1-21-10-12-22(13-11-21)26(24,25)17-8-2-14(3-9-17)18(23)20-16-6-4-15(19)5-7-16/h2-9H,10-13H2,1H3,(H,20,23). The summed E-state index contributed by atoms with van der Waals surface area (Å²) >= 11 is 5.82. The number of anilines is 1. The molecular formula is C18H20ClN3O3S. The molecule has 2 aromatic rings. The highest BCUT2D eigenvalue weighted by atomic mass is 35.5. The molecule has 1 aliphatic heterocycles. The van der Waals surface area contributed by atoms with Gasteiger partial charge in [0.1, 0.15) is 0 Å². The predicted molar refractivity (Wildman–Crippen MR) is 102 cm³/mol. The van der Waals surface area contributed by atoms with Gasteiger partial charge >= 0.3 is 0 Å². The van der Waals surface area contributed by atoms with Crippen molar-refractivity contribution in [1.29, 1.82) is 0 Å². The maximum Gasteiger partial charge on any atom is 0.255 e. The number of hydrogen-bond donors (Lipinski definition) is 1. The van der Waals surface area contributed by atoms with Crippen LogP contribution in [0.2, 0.25) is 5.02 Å². The number of likely N-dealkylation sites (N-methyl/N-ethyl adjacent to an activating group) is 1. The minimum Gasteiger partial charge on any atom is -0.322 e. The van der Waals surface area contributed by atoms with Gasteiger partial charge in [-0.1, -0.05) is 11.6 Å². The maximum absolute atomic E-state index is 12.7. The highest BCUT2D eigenvalue weighted by Crippen LogP contribution is 2.19. The smallest absolute Gasteiger partial charge is 0.255 e. The monoisotopic (exact) mass is 393 g/mol. The lowest BCUT2D eigenvalue weighted by atomic mass is 10.2. The van der Waals surface area contributed by atoms with Crippen molar-refractivity contribution >= 4 is 33.2 Å². The van der Waals surface area contributed by atoms with Gasteiger partial charge in [0, 0.05) is 42.5 Å². The van der Waals surface area contributed by atoms with Crippen molar-refractivity contribution in [3.8, 4) is 0 Å². The second kappa shape index (κ2) is 7.75. The molecule has 1 saturated heterocycles. The van der Waals surface area contributed by atoms with Crippen LogP contribution in [0, 0.1) is 0 Å². The molecule has 0 aromatic heterocycles. The van der Waals surface area contributed by atoms with E-state index in [1.807, 2.05) is 7.05 Å². The van der Waals surface area contributed by atoms with E-state index in [4.69, 9.17) is 11.6 Å². The molecule has 3 rings (SSSR count). The van der Waals surface area contributed by atoms with Crippen LogP contribution >= 0.6 is 11.6 Å². The van der Waals surface area contributed by atoms with Gasteiger partial charge in [-0.15, -0.1) is 0 Å². The molecule has 6 nitrogen and oxygen atoms in total. The van der Waals surface area contributed by atoms with Gasteiger partial charge in [0.25, 0.3) is 5.91 Å². The molecule has 0 spiro atoms. The fourth-order valence-electron chi connectivity index (χ4n) is 2.69. The lowest BCUT2D eigenvalue weighted by Gasteiger charge is -2.31. The summed E-state index contributed by atoms with van der Waals surface area (Å²) in [6, 6.07) is 12.8. The van der Waals surface area contributed by atoms with Gasteiger partial charge in [0.2, 0.25) is 10.0 Å². The number of piperazine rings is 1. The summed E-state index contributed by atoms with van der Waals surface area (Å²) in [4.78, 5) is 14.6. The molecule has 1 heterocycles. The van der Waals surface area contributed by atoms with Gasteiger partial charge in [0.15, 0.2) is 0 Å². The van der Waals surface area contributed by atoms with Crippen molar-refractivity contribution in [1.82, 2.24) is 9.21 Å². The Labute approximate surface area is 158 Å². The van der Waals surface area contributed by atoms with E-state index in [1.165, 1.54) is 28.6 Å². The third-order valence-corrected chi connectivity index (χ3v) is 6.48. The number of sulfonamides is 1. The number of halogens is 1. The molecule has 0 bridgehead atoms. The second-order valence-corrected chi connectivity index (χ2v) is 8.57. The van der Waals surface area contributed by atoms with Gasteiger partial charge in [-0.3, -0.25) is 4.79 Å². The van der Waals surface area contributed by atoms with Crippen LogP contribution in [0.25, 0.3) is 0 Å². The molecule has 0 atom stereocenters. The van der Waals surface area contributed by atoms with Crippen LogP contribution in [-0.2, 0) is 10.0 Å². The van der Waals surface area contributed by atoms with Crippen molar-refractivity contribution in [2.75, 3.05) is 38.5 Å². The Morgan fingerprint density at radius 2 is 1.54 bits per heavy atom. The number of nitrogens with one attached hydrogen (secondary N) is 1. The minimum absolute atomic E-state index is 0.199. The fraction of sp³-hybridized carbons (Fsp3) is 0.278. The first-order valence-electron chi connectivity index (χ1n) is 8.22. The van der Waals surface area contributed by atoms with Crippen LogP contribution < -0.4 is 5.32 Å². The summed E-state index contributed by atoms with van der Waals surface area (Å²) in [5.41, 5.74) is 1.01. The summed E-state index contributed by atoms with van der Waals surface area (Å²) < 4.78 is 26.9. The lowest BCUT2D eigenvalue weighted by molar-refractivity contribution is 0.102. The zero-order valence-electron chi connectivity index (χ0n) is 14.4. The van der Waals surface area contributed by atoms with Crippen LogP contribution in [0.15, 0.2) is 53.4 Å². The third kappa shape index (κ3) is 4.24. The maximum atomic E-state index is 12.7. The normalized spacial score (nSPS) is 16.4. The first-order chi connectivity index (χ1) is 12.4. The van der Waals surface area contributed by atoms with E-state index in [9.17, 15) is 13.2 Å². The molecule has 0 unspecified atom stereocenters. The molecular weight excluding hydrogens is 374 g/mol. The summed E-state index contributed by atoms with van der Waals surface area (Å²) in [5, 5.41) is 3.33. The number of benzene rings is 2. The molecule has 26 heavy (non-hydrogen) atoms. The number of hydrogen-bond acceptors (Lipinski definition) is 4. The summed E-state index contributed by atoms with van der Waals surface area (Å²) in [7, 11) is -1.56. The van der Waals surface area contributed by atoms with Gasteiger partial charge in [-0.25, -0.2) is 8.42 Å². The molecule has 1 amide bonds. The van der Waals surface area contributed by atoms with E-state index in [0.717, 1.165) is 0 Å². The quantitative estimate of drug-likeness (QED) is 0.866. The Balaban J connectivity index is 1.71. The average molecular weight is 394 g/mol. The first-order valence-corrected chi connectivity index (χ1v) is 10.0. The van der Waals surface area contributed by atoms with E-state index in [-0.39, 0.29) is 10.8 Å². The topological polar surface area (TPSA) is 69.7 Å². The molecule has 0 saturated carbocycles. The summed E-state index contributed by atoms with van der Waals surface area (Å²) in [5.74, 6) is -0.309. The molecule has 2 aromatic carbocycles. The molecule has 8 heteroatoms. The zero-order chi connectivity index (χ0) is 18.7. The van der Waals surface area contributed by atoms with E-state index in [1.54, 1.807) is 24.3 Å². The van der Waals surface area contributed by atoms with Crippen molar-refractivity contribution in [3.63, 3.8) is 0 Å². The van der Waals surface area contributed by atoms with Crippen molar-refractivity contribution < 1.29 is 13.2 Å². The average Bonchev–Trinajstić information content (AvgIpc) is 2.64. The number of carbonyl (C=O) groups is 1. The van der Waals surface area contributed by atoms with Crippen LogP contribution in [0.3, 0.4) is 0 Å². The zero-order valence-corrected chi connectivity index (χ0v) is 15.9. The minimum atomic E-state index is -3.53. The van der Waals surface area contributed by atoms with Crippen LogP contribution in [0.4, 0.5) is 5.69 Å². The largest absolute Gasteiger partial charge is 0.322 e. The van der Waals surface area contributed by atoms with Crippen LogP contribution in [0.1, 0.15) is 10.4 Å². The second-order valence-electron chi connectivity index (χ2n) is 6.19. The van der Waals surface area contributed by atoms with Crippen molar-refractivity contribution in [2.45, 2.75) is 4.90 Å². The van der Waals surface area contributed by atoms with Gasteiger partial charge in [-0.2, -0.15) is 4.31 Å². The Morgan fingerprint density at radius 1 is 0.962 bits per heavy atom. The van der Waals surface area contributed by atoms with E-state index >= 15 is 0 Å². The predicted octanol–water partition coefficient (Wildman–Crippen LogP) is 2.53. The molecule has 138 valence electrons. The van der Waals surface area contributed by atoms with Gasteiger partial charge in [0.05, 0.1) is 4.90 Å². The lowest BCUT2D eigenvalue weighted by Crippen LogP contribution is -2.47. The number of amides is 1. The number of nitrogens with zero attached hydrogens (tertiary/aromatic N) is 2. The molecule has 0 aliphatic carbocycles. The number of rotatable bonds is 4. The highest BCUT2D eigenvalue weighted by molar-refractivity contribution is 7.89. The van der Waals surface area contributed by atoms with Crippen molar-refractivity contribution in [3.05, 3.63) is 59.1 Å². The van der Waals surface area contributed by atoms with Crippen molar-refractivity contribution in [2.24, 2.45) is 0 Å². The summed E-state index contributed by atoms with van der Waals surface area (Å²) in [6.45, 7) is 2.36. The van der Waals surface area contributed by atoms with Crippen LogP contribution in [-0.4, -0.2) is 56.8 Å². The molecule has 1 N–H and O–H groups in total. The first kappa shape index (κ1) is 18.8. The van der Waals surface area contributed by atoms with E-state index in [0.29, 0.717) is 42.5 Å². The van der Waals surface area contributed by atoms with Crippen LogP contribution in [0.5, 0.6) is 0 Å². The Bertz CT molecular complexity index is 875. The Morgan fingerprint density at radius 3 is 2.12 bits per heavy atom. The SMILES string of the molecule is CN1CCN(S(=O)(=O)c2ccc(C(=O)Nc3ccc(Cl)cc3)cc2)CC1. The third-order valence-electron chi connectivity index (χ3n) is 4.32. The Hall–Kier alpha value is -1.93. The fourth-order valence-corrected chi connectivity index (χ4v) is 4.24. The summed E-state index contributed by atoms with van der Waals surface area (Å²) in [6.07, 6.45) is 0. The van der Waals surface area contributed by atoms with E-state index in [2.05, 4.69) is 10.2 Å². The Kier molecular flexibility index (Phi) is 5.62.